The van der Waals surface area contributed by atoms with Crippen LogP contribution in [0.4, 0.5) is 11.4 Å². The van der Waals surface area contributed by atoms with Gasteiger partial charge in [0.15, 0.2) is 10.9 Å². The molecule has 0 amide bonds. The molecule has 0 spiro atoms. The quantitative estimate of drug-likeness (QED) is 0.648. The second kappa shape index (κ2) is 7.85. The Bertz CT molecular complexity index is 753. The molecule has 2 aromatic rings. The molecular formula is C19H20ClN3OS. The normalized spacial score (nSPS) is 14.3. The second-order valence-corrected chi connectivity index (χ2v) is 6.84. The zero-order valence-corrected chi connectivity index (χ0v) is 15.6. The standard InChI is InChI=1S/C19H20ClN3OS/c1-14(24)15-2-8-18(9-3-15)22-10-12-23(13-11-22)19(25)21-17-6-4-16(20)5-7-17/h2-9H,10-13H2,1H3,(H,21,25). The highest BCUT2D eigenvalue weighted by Gasteiger charge is 2.19. The maximum absolute atomic E-state index is 11.4. The van der Waals surface area contributed by atoms with E-state index in [1.807, 2.05) is 48.5 Å². The highest BCUT2D eigenvalue weighted by molar-refractivity contribution is 7.80. The number of carbonyl (C=O) groups is 1. The number of rotatable bonds is 3. The van der Waals surface area contributed by atoms with Crippen LogP contribution in [-0.4, -0.2) is 42.0 Å². The first-order valence-electron chi connectivity index (χ1n) is 8.20. The first kappa shape index (κ1) is 17.7. The predicted octanol–water partition coefficient (Wildman–Crippen LogP) is 4.06. The average molecular weight is 374 g/mol. The summed E-state index contributed by atoms with van der Waals surface area (Å²) in [6.07, 6.45) is 0. The van der Waals surface area contributed by atoms with Crippen molar-refractivity contribution in [3.05, 3.63) is 59.1 Å². The molecule has 6 heteroatoms. The second-order valence-electron chi connectivity index (χ2n) is 6.01. The van der Waals surface area contributed by atoms with Crippen LogP contribution in [0, 0.1) is 0 Å². The van der Waals surface area contributed by atoms with Gasteiger partial charge in [0, 0.05) is 48.1 Å². The van der Waals surface area contributed by atoms with Gasteiger partial charge in [0.1, 0.15) is 0 Å². The molecule has 0 aromatic heterocycles. The van der Waals surface area contributed by atoms with Crippen LogP contribution in [0.15, 0.2) is 48.5 Å². The number of nitrogens with zero attached hydrogens (tertiary/aromatic N) is 2. The van der Waals surface area contributed by atoms with Crippen molar-refractivity contribution in [1.82, 2.24) is 4.90 Å². The maximum Gasteiger partial charge on any atom is 0.173 e. The molecule has 0 bridgehead atoms. The van der Waals surface area contributed by atoms with Crippen molar-refractivity contribution >= 4 is 46.1 Å². The van der Waals surface area contributed by atoms with E-state index in [0.717, 1.165) is 48.2 Å². The highest BCUT2D eigenvalue weighted by atomic mass is 35.5. The maximum atomic E-state index is 11.4. The Morgan fingerprint density at radius 1 is 1.00 bits per heavy atom. The Labute approximate surface area is 158 Å². The fourth-order valence-corrected chi connectivity index (χ4v) is 3.24. The van der Waals surface area contributed by atoms with Gasteiger partial charge < -0.3 is 15.1 Å². The lowest BCUT2D eigenvalue weighted by molar-refractivity contribution is 0.101. The van der Waals surface area contributed by atoms with Crippen molar-refractivity contribution in [2.45, 2.75) is 6.92 Å². The van der Waals surface area contributed by atoms with E-state index < -0.39 is 0 Å². The molecule has 4 nitrogen and oxygen atoms in total. The lowest BCUT2D eigenvalue weighted by Gasteiger charge is -2.37. The summed E-state index contributed by atoms with van der Waals surface area (Å²) in [5.74, 6) is 0.0926. The summed E-state index contributed by atoms with van der Waals surface area (Å²) >= 11 is 11.4. The number of thiocarbonyl (C=S) groups is 1. The molecule has 3 rings (SSSR count). The predicted molar refractivity (Wildman–Crippen MR) is 108 cm³/mol. The van der Waals surface area contributed by atoms with E-state index in [0.29, 0.717) is 5.02 Å². The highest BCUT2D eigenvalue weighted by Crippen LogP contribution is 2.19. The lowest BCUT2D eigenvalue weighted by Crippen LogP contribution is -2.50. The minimum absolute atomic E-state index is 0.0926. The molecular weight excluding hydrogens is 354 g/mol. The van der Waals surface area contributed by atoms with Crippen LogP contribution in [0.5, 0.6) is 0 Å². The van der Waals surface area contributed by atoms with Gasteiger partial charge in [-0.1, -0.05) is 11.6 Å². The van der Waals surface area contributed by atoms with Gasteiger partial charge in [-0.25, -0.2) is 0 Å². The Hall–Kier alpha value is -2.11. The van der Waals surface area contributed by atoms with Crippen LogP contribution >= 0.6 is 23.8 Å². The van der Waals surface area contributed by atoms with Gasteiger partial charge in [0.25, 0.3) is 0 Å². The van der Waals surface area contributed by atoms with E-state index in [9.17, 15) is 4.79 Å². The van der Waals surface area contributed by atoms with E-state index in [1.54, 1.807) is 6.92 Å². The monoisotopic (exact) mass is 373 g/mol. The summed E-state index contributed by atoms with van der Waals surface area (Å²) in [4.78, 5) is 15.9. The zero-order chi connectivity index (χ0) is 17.8. The van der Waals surface area contributed by atoms with Crippen molar-refractivity contribution in [3.8, 4) is 0 Å². The first-order chi connectivity index (χ1) is 12.0. The van der Waals surface area contributed by atoms with Gasteiger partial charge in [-0.2, -0.15) is 0 Å². The number of Topliss-reactive ketones (excluding diaryl/α,β-unsaturated/α-hetero) is 1. The van der Waals surface area contributed by atoms with Crippen LogP contribution in [-0.2, 0) is 0 Å². The van der Waals surface area contributed by atoms with Gasteiger partial charge >= 0.3 is 0 Å². The Morgan fingerprint density at radius 3 is 2.16 bits per heavy atom. The number of halogens is 1. The Balaban J connectivity index is 1.55. The molecule has 25 heavy (non-hydrogen) atoms. The molecule has 1 N–H and O–H groups in total. The molecule has 2 aromatic carbocycles. The number of anilines is 2. The number of carbonyl (C=O) groups excluding carboxylic acids is 1. The van der Waals surface area contributed by atoms with E-state index in [-0.39, 0.29) is 5.78 Å². The van der Waals surface area contributed by atoms with Crippen molar-refractivity contribution in [2.24, 2.45) is 0 Å². The lowest BCUT2D eigenvalue weighted by atomic mass is 10.1. The van der Waals surface area contributed by atoms with Gasteiger partial charge in [-0.3, -0.25) is 4.79 Å². The van der Waals surface area contributed by atoms with Crippen molar-refractivity contribution < 1.29 is 4.79 Å². The van der Waals surface area contributed by atoms with Crippen LogP contribution in [0.1, 0.15) is 17.3 Å². The molecule has 1 heterocycles. The van der Waals surface area contributed by atoms with Crippen LogP contribution in [0.2, 0.25) is 5.02 Å². The number of ketones is 1. The van der Waals surface area contributed by atoms with Crippen LogP contribution < -0.4 is 10.2 Å². The van der Waals surface area contributed by atoms with Gasteiger partial charge in [-0.15, -0.1) is 0 Å². The fourth-order valence-electron chi connectivity index (χ4n) is 2.81. The molecule has 130 valence electrons. The summed E-state index contributed by atoms with van der Waals surface area (Å²) < 4.78 is 0. The largest absolute Gasteiger partial charge is 0.368 e. The Morgan fingerprint density at radius 2 is 1.60 bits per heavy atom. The van der Waals surface area contributed by atoms with Crippen LogP contribution in [0.3, 0.4) is 0 Å². The SMILES string of the molecule is CC(=O)c1ccc(N2CCN(C(=S)Nc3ccc(Cl)cc3)CC2)cc1. The molecule has 1 aliphatic rings. The third-order valence-corrected chi connectivity index (χ3v) is 4.91. The summed E-state index contributed by atoms with van der Waals surface area (Å²) in [7, 11) is 0. The third-order valence-electron chi connectivity index (χ3n) is 4.30. The number of piperazine rings is 1. The number of hydrogen-bond donors (Lipinski definition) is 1. The van der Waals surface area contributed by atoms with Gasteiger partial charge in [0.2, 0.25) is 0 Å². The molecule has 1 fully saturated rings. The zero-order valence-electron chi connectivity index (χ0n) is 14.0. The fraction of sp³-hybridized carbons (Fsp3) is 0.263. The molecule has 1 saturated heterocycles. The molecule has 1 aliphatic heterocycles. The number of benzene rings is 2. The first-order valence-corrected chi connectivity index (χ1v) is 8.99. The van der Waals surface area contributed by atoms with E-state index in [2.05, 4.69) is 15.1 Å². The summed E-state index contributed by atoms with van der Waals surface area (Å²) in [6, 6.07) is 15.3. The van der Waals surface area contributed by atoms with Crippen molar-refractivity contribution in [3.63, 3.8) is 0 Å². The smallest absolute Gasteiger partial charge is 0.173 e. The van der Waals surface area contributed by atoms with Crippen molar-refractivity contribution in [1.29, 1.82) is 0 Å². The van der Waals surface area contributed by atoms with Gasteiger partial charge in [-0.05, 0) is 67.7 Å². The topological polar surface area (TPSA) is 35.6 Å². The number of hydrogen-bond acceptors (Lipinski definition) is 3. The Kier molecular flexibility index (Phi) is 5.56. The van der Waals surface area contributed by atoms with E-state index in [1.165, 1.54) is 0 Å². The van der Waals surface area contributed by atoms with E-state index in [4.69, 9.17) is 23.8 Å². The third kappa shape index (κ3) is 4.50. The molecule has 0 aliphatic carbocycles. The number of nitrogens with one attached hydrogen (secondary N) is 1. The van der Waals surface area contributed by atoms with Gasteiger partial charge in [0.05, 0.1) is 0 Å². The molecule has 0 atom stereocenters. The average Bonchev–Trinajstić information content (AvgIpc) is 2.64. The molecule has 0 unspecified atom stereocenters. The molecule has 0 radical (unpaired) electrons. The summed E-state index contributed by atoms with van der Waals surface area (Å²) in [5.41, 5.74) is 2.83. The van der Waals surface area contributed by atoms with Crippen LogP contribution in [0.25, 0.3) is 0 Å². The molecule has 0 saturated carbocycles. The minimum atomic E-state index is 0.0926. The summed E-state index contributed by atoms with van der Waals surface area (Å²) in [5, 5.41) is 4.70. The van der Waals surface area contributed by atoms with E-state index >= 15 is 0 Å². The minimum Gasteiger partial charge on any atom is -0.368 e. The summed E-state index contributed by atoms with van der Waals surface area (Å²) in [6.45, 7) is 5.08. The van der Waals surface area contributed by atoms with Crippen molar-refractivity contribution in [2.75, 3.05) is 36.4 Å².